The fourth-order valence-electron chi connectivity index (χ4n) is 2.17. The molecule has 2 rings (SSSR count). The summed E-state index contributed by atoms with van der Waals surface area (Å²) in [5.41, 5.74) is 1.17. The van der Waals surface area contributed by atoms with Gasteiger partial charge in [-0.1, -0.05) is 30.3 Å². The summed E-state index contributed by atoms with van der Waals surface area (Å²) in [7, 11) is 2.02. The van der Waals surface area contributed by atoms with Crippen LogP contribution in [0.5, 0.6) is 0 Å². The van der Waals surface area contributed by atoms with Gasteiger partial charge in [-0.05, 0) is 26.0 Å². The molecule has 0 aliphatic carbocycles. The Hall–Kier alpha value is -1.15. The zero-order valence-electron chi connectivity index (χ0n) is 9.31. The highest BCUT2D eigenvalue weighted by Crippen LogP contribution is 2.27. The molecule has 1 aromatic rings. The lowest BCUT2D eigenvalue weighted by molar-refractivity contribution is -0.124. The van der Waals surface area contributed by atoms with E-state index in [2.05, 4.69) is 24.0 Å². The molecule has 1 aliphatic heterocycles. The summed E-state index contributed by atoms with van der Waals surface area (Å²) in [4.78, 5) is 14.0. The Morgan fingerprint density at radius 2 is 1.93 bits per heavy atom. The second-order valence-corrected chi connectivity index (χ2v) is 4.43. The lowest BCUT2D eigenvalue weighted by Crippen LogP contribution is -2.43. The summed E-state index contributed by atoms with van der Waals surface area (Å²) in [6.45, 7) is 2.77. The molecule has 0 radical (unpaired) electrons. The third kappa shape index (κ3) is 2.10. The van der Waals surface area contributed by atoms with Crippen molar-refractivity contribution in [3.63, 3.8) is 0 Å². The van der Waals surface area contributed by atoms with Gasteiger partial charge in [-0.2, -0.15) is 0 Å². The molecule has 1 aliphatic rings. The third-order valence-corrected chi connectivity index (χ3v) is 3.33. The average molecular weight is 203 g/mol. The van der Waals surface area contributed by atoms with Crippen LogP contribution in [0.3, 0.4) is 0 Å². The number of piperidine rings is 1. The van der Waals surface area contributed by atoms with Gasteiger partial charge in [-0.25, -0.2) is 0 Å². The van der Waals surface area contributed by atoms with Gasteiger partial charge in [0.05, 0.1) is 6.54 Å². The molecule has 0 N–H and O–H groups in total. The van der Waals surface area contributed by atoms with Gasteiger partial charge >= 0.3 is 0 Å². The monoisotopic (exact) mass is 203 g/mol. The maximum atomic E-state index is 11.9. The molecule has 0 amide bonds. The first kappa shape index (κ1) is 10.4. The van der Waals surface area contributed by atoms with Crippen molar-refractivity contribution in [3.05, 3.63) is 35.9 Å². The molecule has 2 heteroatoms. The molecule has 1 aromatic carbocycles. The Morgan fingerprint density at radius 3 is 2.60 bits per heavy atom. The van der Waals surface area contributed by atoms with Gasteiger partial charge in [-0.15, -0.1) is 0 Å². The highest BCUT2D eigenvalue weighted by atomic mass is 16.1. The fraction of sp³-hybridized carbons (Fsp3) is 0.462. The van der Waals surface area contributed by atoms with Crippen LogP contribution in [0.1, 0.15) is 24.8 Å². The molecule has 1 heterocycles. The molecule has 15 heavy (non-hydrogen) atoms. The maximum Gasteiger partial charge on any atom is 0.154 e. The van der Waals surface area contributed by atoms with Gasteiger partial charge in [0.2, 0.25) is 0 Å². The Bertz CT molecular complexity index is 347. The first-order valence-corrected chi connectivity index (χ1v) is 5.46. The molecular formula is C13H17NO. The van der Waals surface area contributed by atoms with Crippen molar-refractivity contribution in [2.45, 2.75) is 25.3 Å². The van der Waals surface area contributed by atoms with Crippen LogP contribution < -0.4 is 0 Å². The molecule has 1 fully saturated rings. The van der Waals surface area contributed by atoms with Crippen molar-refractivity contribution >= 4 is 5.78 Å². The van der Waals surface area contributed by atoms with Crippen molar-refractivity contribution in [2.24, 2.45) is 0 Å². The van der Waals surface area contributed by atoms with E-state index in [4.69, 9.17) is 0 Å². The average Bonchev–Trinajstić information content (AvgIpc) is 2.25. The summed E-state index contributed by atoms with van der Waals surface area (Å²) in [5.74, 6) is 0.458. The molecule has 1 saturated heterocycles. The first-order chi connectivity index (χ1) is 7.18. The summed E-state index contributed by atoms with van der Waals surface area (Å²) < 4.78 is 0. The number of hydrogen-bond donors (Lipinski definition) is 0. The van der Waals surface area contributed by atoms with Crippen molar-refractivity contribution in [1.29, 1.82) is 0 Å². The van der Waals surface area contributed by atoms with E-state index in [1.54, 1.807) is 0 Å². The van der Waals surface area contributed by atoms with Gasteiger partial charge in [0.15, 0.2) is 5.78 Å². The Labute approximate surface area is 90.9 Å². The van der Waals surface area contributed by atoms with Crippen LogP contribution in [0.25, 0.3) is 0 Å². The van der Waals surface area contributed by atoms with Crippen LogP contribution in [0.2, 0.25) is 0 Å². The number of benzene rings is 1. The summed E-state index contributed by atoms with van der Waals surface area (Å²) >= 11 is 0. The standard InChI is InChI=1S/C13H17NO/c1-10-8-12(13(15)9-14(10)2)11-6-4-3-5-7-11/h3-7,10,12H,8-9H2,1-2H3. The van der Waals surface area contributed by atoms with Crippen molar-refractivity contribution in [1.82, 2.24) is 4.90 Å². The lowest BCUT2D eigenvalue weighted by atomic mass is 9.85. The van der Waals surface area contributed by atoms with Gasteiger partial charge in [0.1, 0.15) is 0 Å². The first-order valence-electron chi connectivity index (χ1n) is 5.46. The summed E-state index contributed by atoms with van der Waals surface area (Å²) in [6.07, 6.45) is 0.944. The number of likely N-dealkylation sites (N-methyl/N-ethyl adjacent to an activating group) is 1. The van der Waals surface area contributed by atoms with E-state index in [9.17, 15) is 4.79 Å². The van der Waals surface area contributed by atoms with E-state index in [0.717, 1.165) is 6.42 Å². The number of rotatable bonds is 1. The molecule has 0 saturated carbocycles. The van der Waals surface area contributed by atoms with E-state index in [1.807, 2.05) is 25.2 Å². The van der Waals surface area contributed by atoms with Crippen LogP contribution in [-0.2, 0) is 4.79 Å². The van der Waals surface area contributed by atoms with Crippen LogP contribution in [0.4, 0.5) is 0 Å². The van der Waals surface area contributed by atoms with Crippen LogP contribution >= 0.6 is 0 Å². The number of Topliss-reactive ketones (excluding diaryl/α,β-unsaturated/α-hetero) is 1. The summed E-state index contributed by atoms with van der Waals surface area (Å²) in [5, 5.41) is 0. The number of likely N-dealkylation sites (tertiary alicyclic amines) is 1. The second kappa shape index (κ2) is 4.15. The minimum Gasteiger partial charge on any atom is -0.298 e. The fourth-order valence-corrected chi connectivity index (χ4v) is 2.17. The van der Waals surface area contributed by atoms with E-state index < -0.39 is 0 Å². The number of hydrogen-bond acceptors (Lipinski definition) is 2. The van der Waals surface area contributed by atoms with E-state index in [0.29, 0.717) is 18.4 Å². The SMILES string of the molecule is CC1CC(c2ccccc2)C(=O)CN1C. The molecule has 80 valence electrons. The predicted molar refractivity (Wildman–Crippen MR) is 60.9 cm³/mol. The number of carbonyl (C=O) groups excluding carboxylic acids is 1. The molecule has 0 spiro atoms. The summed E-state index contributed by atoms with van der Waals surface area (Å²) in [6, 6.07) is 10.6. The van der Waals surface area contributed by atoms with E-state index in [-0.39, 0.29) is 5.92 Å². The minimum absolute atomic E-state index is 0.109. The third-order valence-electron chi connectivity index (χ3n) is 3.33. The zero-order valence-corrected chi connectivity index (χ0v) is 9.31. The molecule has 2 atom stereocenters. The zero-order chi connectivity index (χ0) is 10.8. The normalized spacial score (nSPS) is 28.0. The molecular weight excluding hydrogens is 186 g/mol. The Kier molecular flexibility index (Phi) is 2.87. The number of carbonyl (C=O) groups is 1. The Balaban J connectivity index is 2.20. The second-order valence-electron chi connectivity index (χ2n) is 4.43. The van der Waals surface area contributed by atoms with Crippen LogP contribution in [0, 0.1) is 0 Å². The van der Waals surface area contributed by atoms with Gasteiger partial charge in [0, 0.05) is 12.0 Å². The molecule has 2 unspecified atom stereocenters. The van der Waals surface area contributed by atoms with Crippen molar-refractivity contribution < 1.29 is 4.79 Å². The van der Waals surface area contributed by atoms with Gasteiger partial charge in [0.25, 0.3) is 0 Å². The number of nitrogens with zero attached hydrogens (tertiary/aromatic N) is 1. The van der Waals surface area contributed by atoms with Crippen molar-refractivity contribution in [3.8, 4) is 0 Å². The smallest absolute Gasteiger partial charge is 0.154 e. The quantitative estimate of drug-likeness (QED) is 0.696. The van der Waals surface area contributed by atoms with Gasteiger partial charge < -0.3 is 0 Å². The van der Waals surface area contributed by atoms with Crippen LogP contribution in [0.15, 0.2) is 30.3 Å². The highest BCUT2D eigenvalue weighted by molar-refractivity contribution is 5.88. The molecule has 0 aromatic heterocycles. The molecule has 0 bridgehead atoms. The van der Waals surface area contributed by atoms with Crippen LogP contribution in [-0.4, -0.2) is 30.3 Å². The van der Waals surface area contributed by atoms with Gasteiger partial charge in [-0.3, -0.25) is 9.69 Å². The lowest BCUT2D eigenvalue weighted by Gasteiger charge is -2.34. The minimum atomic E-state index is 0.109. The van der Waals surface area contributed by atoms with E-state index in [1.165, 1.54) is 5.56 Å². The van der Waals surface area contributed by atoms with E-state index >= 15 is 0 Å². The predicted octanol–water partition coefficient (Wildman–Crippen LogP) is 2.06. The number of ketones is 1. The Morgan fingerprint density at radius 1 is 1.27 bits per heavy atom. The highest BCUT2D eigenvalue weighted by Gasteiger charge is 2.30. The largest absolute Gasteiger partial charge is 0.298 e. The van der Waals surface area contributed by atoms with Crippen molar-refractivity contribution in [2.75, 3.05) is 13.6 Å². The maximum absolute atomic E-state index is 11.9. The molecule has 2 nitrogen and oxygen atoms in total. The topological polar surface area (TPSA) is 20.3 Å².